The quantitative estimate of drug-likeness (QED) is 0.919. The summed E-state index contributed by atoms with van der Waals surface area (Å²) in [6.07, 6.45) is 2.87. The number of aromatic nitrogens is 2. The first-order valence-corrected chi connectivity index (χ1v) is 6.29. The number of nitrogens with zero attached hydrogens (tertiary/aromatic N) is 2. The fourth-order valence-corrected chi connectivity index (χ4v) is 1.74. The van der Waals surface area contributed by atoms with Crippen molar-refractivity contribution in [2.45, 2.75) is 6.92 Å². The summed E-state index contributed by atoms with van der Waals surface area (Å²) in [6.45, 7) is 1.84. The number of benzene rings is 1. The average molecular weight is 327 g/mol. The smallest absolute Gasteiger partial charge is 0.275 e. The van der Waals surface area contributed by atoms with Gasteiger partial charge >= 0.3 is 0 Å². The highest BCUT2D eigenvalue weighted by Gasteiger charge is 2.10. The van der Waals surface area contributed by atoms with Crippen molar-refractivity contribution < 1.29 is 4.79 Å². The molecule has 0 saturated carbocycles. The van der Waals surface area contributed by atoms with Crippen molar-refractivity contribution in [3.05, 3.63) is 51.5 Å². The molecule has 1 aromatic heterocycles. The lowest BCUT2D eigenvalue weighted by atomic mass is 10.2. The van der Waals surface area contributed by atoms with Crippen LogP contribution < -0.4 is 5.32 Å². The van der Waals surface area contributed by atoms with E-state index in [1.165, 1.54) is 12.4 Å². The molecule has 0 aliphatic rings. The molecule has 0 bridgehead atoms. The summed E-state index contributed by atoms with van der Waals surface area (Å²) in [7, 11) is 0. The molecule has 0 atom stereocenters. The molecule has 92 valence electrons. The van der Waals surface area contributed by atoms with Crippen LogP contribution >= 0.6 is 27.5 Å². The summed E-state index contributed by atoms with van der Waals surface area (Å²) >= 11 is 9.14. The molecule has 1 heterocycles. The minimum absolute atomic E-state index is 0.248. The van der Waals surface area contributed by atoms with Crippen LogP contribution in [0.4, 0.5) is 5.69 Å². The van der Waals surface area contributed by atoms with Crippen molar-refractivity contribution >= 4 is 39.1 Å². The lowest BCUT2D eigenvalue weighted by molar-refractivity contribution is 0.102. The van der Waals surface area contributed by atoms with Gasteiger partial charge in [0, 0.05) is 10.7 Å². The van der Waals surface area contributed by atoms with Crippen LogP contribution in [0.25, 0.3) is 0 Å². The van der Waals surface area contributed by atoms with Crippen LogP contribution in [-0.4, -0.2) is 15.9 Å². The van der Waals surface area contributed by atoms with Gasteiger partial charge < -0.3 is 5.32 Å². The standard InChI is InChI=1S/C12H9BrClN3O/c1-7-8(14)3-2-4-9(7)17-12(18)10-5-16-11(13)6-15-10/h2-6H,1H3,(H,17,18). The average Bonchev–Trinajstić information content (AvgIpc) is 2.36. The molecule has 0 unspecified atom stereocenters. The molecule has 0 spiro atoms. The lowest BCUT2D eigenvalue weighted by Gasteiger charge is -2.08. The lowest BCUT2D eigenvalue weighted by Crippen LogP contribution is -2.14. The number of hydrogen-bond donors (Lipinski definition) is 1. The molecule has 0 saturated heterocycles. The van der Waals surface area contributed by atoms with Gasteiger partial charge in [-0.15, -0.1) is 0 Å². The SMILES string of the molecule is Cc1c(Cl)cccc1NC(=O)c1cnc(Br)cn1. The van der Waals surface area contributed by atoms with E-state index in [1.54, 1.807) is 18.2 Å². The molecule has 0 aliphatic heterocycles. The third-order valence-corrected chi connectivity index (χ3v) is 3.19. The maximum Gasteiger partial charge on any atom is 0.275 e. The van der Waals surface area contributed by atoms with E-state index in [-0.39, 0.29) is 11.6 Å². The van der Waals surface area contributed by atoms with Crippen LogP contribution in [0, 0.1) is 6.92 Å². The Bertz CT molecular complexity index is 586. The molecule has 6 heteroatoms. The van der Waals surface area contributed by atoms with Gasteiger partial charge in [-0.05, 0) is 40.5 Å². The van der Waals surface area contributed by atoms with E-state index in [0.717, 1.165) is 5.56 Å². The summed E-state index contributed by atoms with van der Waals surface area (Å²) < 4.78 is 0.581. The number of rotatable bonds is 2. The van der Waals surface area contributed by atoms with Gasteiger partial charge in [0.2, 0.25) is 0 Å². The second kappa shape index (κ2) is 5.46. The second-order valence-electron chi connectivity index (χ2n) is 3.59. The molecule has 1 amide bonds. The van der Waals surface area contributed by atoms with Crippen LogP contribution in [0.1, 0.15) is 16.1 Å². The summed E-state index contributed by atoms with van der Waals surface area (Å²) in [4.78, 5) is 19.8. The van der Waals surface area contributed by atoms with Crippen molar-refractivity contribution in [1.82, 2.24) is 9.97 Å². The number of carbonyl (C=O) groups is 1. The van der Waals surface area contributed by atoms with Gasteiger partial charge in [-0.3, -0.25) is 4.79 Å². The highest BCUT2D eigenvalue weighted by Crippen LogP contribution is 2.23. The summed E-state index contributed by atoms with van der Waals surface area (Å²) in [6, 6.07) is 5.33. The first-order valence-electron chi connectivity index (χ1n) is 5.12. The Labute approximate surface area is 118 Å². The van der Waals surface area contributed by atoms with E-state index in [4.69, 9.17) is 11.6 Å². The van der Waals surface area contributed by atoms with E-state index < -0.39 is 0 Å². The largest absolute Gasteiger partial charge is 0.320 e. The first-order chi connectivity index (χ1) is 8.58. The predicted octanol–water partition coefficient (Wildman–Crippen LogP) is 3.45. The third kappa shape index (κ3) is 2.86. The molecule has 0 fully saturated rings. The normalized spacial score (nSPS) is 10.2. The second-order valence-corrected chi connectivity index (χ2v) is 4.81. The Balaban J connectivity index is 2.21. The number of amides is 1. The van der Waals surface area contributed by atoms with E-state index >= 15 is 0 Å². The van der Waals surface area contributed by atoms with Crippen molar-refractivity contribution in [1.29, 1.82) is 0 Å². The van der Waals surface area contributed by atoms with Crippen LogP contribution in [0.2, 0.25) is 5.02 Å². The van der Waals surface area contributed by atoms with Crippen LogP contribution in [0.3, 0.4) is 0 Å². The minimum Gasteiger partial charge on any atom is -0.320 e. The maximum absolute atomic E-state index is 11.9. The minimum atomic E-state index is -0.319. The Morgan fingerprint density at radius 1 is 1.33 bits per heavy atom. The van der Waals surface area contributed by atoms with Gasteiger partial charge in [0.25, 0.3) is 5.91 Å². The summed E-state index contributed by atoms with van der Waals surface area (Å²) in [5.74, 6) is -0.319. The van der Waals surface area contributed by atoms with Crippen molar-refractivity contribution in [3.8, 4) is 0 Å². The number of carbonyl (C=O) groups excluding carboxylic acids is 1. The van der Waals surface area contributed by atoms with E-state index in [0.29, 0.717) is 15.3 Å². The number of nitrogens with one attached hydrogen (secondary N) is 1. The van der Waals surface area contributed by atoms with Crippen LogP contribution in [0.15, 0.2) is 35.2 Å². The molecule has 2 aromatic rings. The maximum atomic E-state index is 11.9. The van der Waals surface area contributed by atoms with Gasteiger partial charge in [-0.1, -0.05) is 17.7 Å². The van der Waals surface area contributed by atoms with Gasteiger partial charge in [-0.2, -0.15) is 0 Å². The van der Waals surface area contributed by atoms with Crippen molar-refractivity contribution in [2.24, 2.45) is 0 Å². The number of halogens is 2. The Hall–Kier alpha value is -1.46. The zero-order valence-electron chi connectivity index (χ0n) is 9.45. The molecule has 1 aromatic carbocycles. The van der Waals surface area contributed by atoms with Crippen molar-refractivity contribution in [3.63, 3.8) is 0 Å². The van der Waals surface area contributed by atoms with Gasteiger partial charge in [0.15, 0.2) is 0 Å². The molecular weight excluding hydrogens is 318 g/mol. The zero-order valence-corrected chi connectivity index (χ0v) is 11.8. The van der Waals surface area contributed by atoms with Gasteiger partial charge in [0.1, 0.15) is 10.3 Å². The Morgan fingerprint density at radius 3 is 2.78 bits per heavy atom. The highest BCUT2D eigenvalue weighted by atomic mass is 79.9. The fraction of sp³-hybridized carbons (Fsp3) is 0.0833. The molecule has 0 aliphatic carbocycles. The Kier molecular flexibility index (Phi) is 3.93. The number of hydrogen-bond acceptors (Lipinski definition) is 3. The monoisotopic (exact) mass is 325 g/mol. The highest BCUT2D eigenvalue weighted by molar-refractivity contribution is 9.10. The molecule has 0 radical (unpaired) electrons. The zero-order chi connectivity index (χ0) is 13.1. The number of anilines is 1. The summed E-state index contributed by atoms with van der Waals surface area (Å²) in [5.41, 5.74) is 1.73. The van der Waals surface area contributed by atoms with E-state index in [2.05, 4.69) is 31.2 Å². The first kappa shape index (κ1) is 13.0. The molecule has 1 N–H and O–H groups in total. The fourth-order valence-electron chi connectivity index (χ4n) is 1.36. The Morgan fingerprint density at radius 2 is 2.11 bits per heavy atom. The van der Waals surface area contributed by atoms with Crippen LogP contribution in [-0.2, 0) is 0 Å². The van der Waals surface area contributed by atoms with E-state index in [9.17, 15) is 4.79 Å². The van der Waals surface area contributed by atoms with Crippen LogP contribution in [0.5, 0.6) is 0 Å². The molecule has 2 rings (SSSR count). The molecular formula is C12H9BrClN3O. The topological polar surface area (TPSA) is 54.9 Å². The van der Waals surface area contributed by atoms with Crippen molar-refractivity contribution in [2.75, 3.05) is 5.32 Å². The van der Waals surface area contributed by atoms with Gasteiger partial charge in [-0.25, -0.2) is 9.97 Å². The van der Waals surface area contributed by atoms with Gasteiger partial charge in [0.05, 0.1) is 12.4 Å². The molecule has 4 nitrogen and oxygen atoms in total. The molecule has 18 heavy (non-hydrogen) atoms. The van der Waals surface area contributed by atoms with E-state index in [1.807, 2.05) is 6.92 Å². The predicted molar refractivity (Wildman–Crippen MR) is 73.9 cm³/mol. The summed E-state index contributed by atoms with van der Waals surface area (Å²) in [5, 5.41) is 3.35. The third-order valence-electron chi connectivity index (χ3n) is 2.37.